The lowest BCUT2D eigenvalue weighted by Crippen LogP contribution is -2.07. The van der Waals surface area contributed by atoms with Gasteiger partial charge >= 0.3 is 11.9 Å². The van der Waals surface area contributed by atoms with Crippen LogP contribution in [0.25, 0.3) is 0 Å². The molecule has 0 aliphatic carbocycles. The molecule has 0 fully saturated rings. The SMILES string of the molecule is CCCCCCCCCCCOC(=O)CCCSCCCC(=O)OCCCCCCCCCCC. The van der Waals surface area contributed by atoms with E-state index >= 15 is 0 Å². The second kappa shape index (κ2) is 29.5. The van der Waals surface area contributed by atoms with E-state index in [-0.39, 0.29) is 11.9 Å². The molecule has 0 atom stereocenters. The molecule has 0 aliphatic rings. The van der Waals surface area contributed by atoms with Gasteiger partial charge in [0.25, 0.3) is 0 Å². The Kier molecular flexibility index (Phi) is 28.9. The van der Waals surface area contributed by atoms with Crippen LogP contribution in [0.3, 0.4) is 0 Å². The first-order valence-corrected chi connectivity index (χ1v) is 16.2. The van der Waals surface area contributed by atoms with Gasteiger partial charge in [-0.3, -0.25) is 9.59 Å². The summed E-state index contributed by atoms with van der Waals surface area (Å²) in [6.45, 7) is 5.65. The number of hydrogen-bond acceptors (Lipinski definition) is 5. The predicted molar refractivity (Wildman–Crippen MR) is 152 cm³/mol. The lowest BCUT2D eigenvalue weighted by Gasteiger charge is -2.06. The maximum Gasteiger partial charge on any atom is 0.305 e. The highest BCUT2D eigenvalue weighted by atomic mass is 32.2. The molecule has 0 amide bonds. The van der Waals surface area contributed by atoms with Crippen molar-refractivity contribution in [1.29, 1.82) is 0 Å². The summed E-state index contributed by atoms with van der Waals surface area (Å²) >= 11 is 1.81. The van der Waals surface area contributed by atoms with Crippen molar-refractivity contribution in [3.63, 3.8) is 0 Å². The molecule has 0 saturated heterocycles. The highest BCUT2D eigenvalue weighted by Crippen LogP contribution is 2.12. The van der Waals surface area contributed by atoms with Gasteiger partial charge in [0.1, 0.15) is 0 Å². The van der Waals surface area contributed by atoms with Crippen LogP contribution in [-0.2, 0) is 19.1 Å². The molecule has 0 saturated carbocycles. The van der Waals surface area contributed by atoms with E-state index in [2.05, 4.69) is 13.8 Å². The van der Waals surface area contributed by atoms with Crippen molar-refractivity contribution in [3.8, 4) is 0 Å². The van der Waals surface area contributed by atoms with Gasteiger partial charge < -0.3 is 9.47 Å². The molecule has 0 N–H and O–H groups in total. The molecule has 0 bridgehead atoms. The van der Waals surface area contributed by atoms with Crippen LogP contribution in [-0.4, -0.2) is 36.7 Å². The van der Waals surface area contributed by atoms with Crippen LogP contribution < -0.4 is 0 Å². The second-order valence-corrected chi connectivity index (χ2v) is 11.1. The molecular weight excluding hydrogens is 456 g/mol. The van der Waals surface area contributed by atoms with Gasteiger partial charge in [-0.15, -0.1) is 0 Å². The summed E-state index contributed by atoms with van der Waals surface area (Å²) in [7, 11) is 0. The highest BCUT2D eigenvalue weighted by molar-refractivity contribution is 7.99. The van der Waals surface area contributed by atoms with Crippen LogP contribution in [0.1, 0.15) is 155 Å². The number of carbonyl (C=O) groups is 2. The molecule has 0 heterocycles. The number of unbranched alkanes of at least 4 members (excludes halogenated alkanes) is 16. The molecule has 5 heteroatoms. The topological polar surface area (TPSA) is 52.6 Å². The van der Waals surface area contributed by atoms with Crippen molar-refractivity contribution in [3.05, 3.63) is 0 Å². The zero-order valence-electron chi connectivity index (χ0n) is 23.4. The number of esters is 2. The van der Waals surface area contributed by atoms with Gasteiger partial charge in [-0.1, -0.05) is 117 Å². The summed E-state index contributed by atoms with van der Waals surface area (Å²) in [6.07, 6.45) is 25.7. The predicted octanol–water partition coefficient (Wildman–Crippen LogP) is 9.43. The number of rotatable bonds is 28. The third-order valence-corrected chi connectivity index (χ3v) is 7.52. The molecule has 0 spiro atoms. The summed E-state index contributed by atoms with van der Waals surface area (Å²) in [6, 6.07) is 0. The van der Waals surface area contributed by atoms with Crippen LogP contribution in [0.15, 0.2) is 0 Å². The zero-order valence-corrected chi connectivity index (χ0v) is 24.2. The van der Waals surface area contributed by atoms with Gasteiger partial charge in [-0.25, -0.2) is 0 Å². The van der Waals surface area contributed by atoms with E-state index in [1.54, 1.807) is 0 Å². The quantitative estimate of drug-likeness (QED) is 0.0768. The van der Waals surface area contributed by atoms with E-state index in [0.29, 0.717) is 26.1 Å². The minimum absolute atomic E-state index is 0.0646. The van der Waals surface area contributed by atoms with E-state index in [1.807, 2.05) is 11.8 Å². The Morgan fingerprint density at radius 1 is 0.457 bits per heavy atom. The maximum absolute atomic E-state index is 11.8. The molecular formula is C30H58O4S. The average Bonchev–Trinajstić information content (AvgIpc) is 2.85. The lowest BCUT2D eigenvalue weighted by molar-refractivity contribution is -0.144. The number of carbonyl (C=O) groups excluding carboxylic acids is 2. The van der Waals surface area contributed by atoms with Crippen molar-refractivity contribution in [2.75, 3.05) is 24.7 Å². The molecule has 0 aromatic carbocycles. The first-order valence-electron chi connectivity index (χ1n) is 15.1. The molecule has 208 valence electrons. The number of thioether (sulfide) groups is 1. The molecule has 0 aromatic rings. The van der Waals surface area contributed by atoms with Crippen molar-refractivity contribution in [2.24, 2.45) is 0 Å². The van der Waals surface area contributed by atoms with E-state index < -0.39 is 0 Å². The summed E-state index contributed by atoms with van der Waals surface area (Å²) in [4.78, 5) is 23.6. The van der Waals surface area contributed by atoms with Crippen molar-refractivity contribution in [1.82, 2.24) is 0 Å². The first-order chi connectivity index (χ1) is 17.2. The molecule has 0 unspecified atom stereocenters. The Morgan fingerprint density at radius 2 is 0.771 bits per heavy atom. The zero-order chi connectivity index (χ0) is 25.7. The monoisotopic (exact) mass is 514 g/mol. The Hall–Kier alpha value is -0.710. The van der Waals surface area contributed by atoms with Gasteiger partial charge in [0.2, 0.25) is 0 Å². The third-order valence-electron chi connectivity index (χ3n) is 6.36. The summed E-state index contributed by atoms with van der Waals surface area (Å²) in [5, 5.41) is 0. The van der Waals surface area contributed by atoms with Gasteiger partial charge in [0.15, 0.2) is 0 Å². The fourth-order valence-corrected chi connectivity index (χ4v) is 4.98. The summed E-state index contributed by atoms with van der Waals surface area (Å²) in [5.74, 6) is 1.76. The van der Waals surface area contributed by atoms with Crippen molar-refractivity contribution < 1.29 is 19.1 Å². The summed E-state index contributed by atoms with van der Waals surface area (Å²) < 4.78 is 10.7. The Morgan fingerprint density at radius 3 is 1.11 bits per heavy atom. The fraction of sp³-hybridized carbons (Fsp3) is 0.933. The van der Waals surface area contributed by atoms with E-state index in [0.717, 1.165) is 37.2 Å². The van der Waals surface area contributed by atoms with Crippen LogP contribution in [0.5, 0.6) is 0 Å². The highest BCUT2D eigenvalue weighted by Gasteiger charge is 2.05. The van der Waals surface area contributed by atoms with Gasteiger partial charge in [-0.05, 0) is 37.2 Å². The largest absolute Gasteiger partial charge is 0.466 e. The molecule has 4 nitrogen and oxygen atoms in total. The van der Waals surface area contributed by atoms with Crippen molar-refractivity contribution >= 4 is 23.7 Å². The maximum atomic E-state index is 11.8. The third kappa shape index (κ3) is 29.4. The van der Waals surface area contributed by atoms with Crippen LogP contribution in [0, 0.1) is 0 Å². The smallest absolute Gasteiger partial charge is 0.305 e. The number of ether oxygens (including phenoxy) is 2. The van der Waals surface area contributed by atoms with E-state index in [9.17, 15) is 9.59 Å². The standard InChI is InChI=1S/C30H58O4S/c1-3-5-7-9-11-13-15-17-19-25-33-29(31)23-21-27-35-28-22-24-30(32)34-26-20-18-16-14-12-10-8-6-4-2/h3-28H2,1-2H3. The normalized spacial score (nSPS) is 11.0. The minimum atomic E-state index is -0.0646. The number of hydrogen-bond donors (Lipinski definition) is 0. The van der Waals surface area contributed by atoms with Crippen LogP contribution >= 0.6 is 11.8 Å². The molecule has 0 rings (SSSR count). The molecule has 35 heavy (non-hydrogen) atoms. The molecule has 0 aliphatic heterocycles. The molecule has 0 aromatic heterocycles. The second-order valence-electron chi connectivity index (χ2n) is 9.92. The van der Waals surface area contributed by atoms with Gasteiger partial charge in [0, 0.05) is 12.8 Å². The minimum Gasteiger partial charge on any atom is -0.466 e. The summed E-state index contributed by atoms with van der Waals surface area (Å²) in [5.41, 5.74) is 0. The van der Waals surface area contributed by atoms with Crippen LogP contribution in [0.2, 0.25) is 0 Å². The van der Waals surface area contributed by atoms with E-state index in [4.69, 9.17) is 9.47 Å². The fourth-order valence-electron chi connectivity index (χ4n) is 4.08. The van der Waals surface area contributed by atoms with E-state index in [1.165, 1.54) is 103 Å². The Bertz CT molecular complexity index is 416. The average molecular weight is 515 g/mol. The first kappa shape index (κ1) is 34.3. The van der Waals surface area contributed by atoms with Gasteiger partial charge in [0.05, 0.1) is 13.2 Å². The molecule has 0 radical (unpaired) electrons. The Balaban J connectivity index is 3.26. The Labute approximate surface area is 222 Å². The van der Waals surface area contributed by atoms with Crippen molar-refractivity contribution in [2.45, 2.75) is 155 Å². The lowest BCUT2D eigenvalue weighted by atomic mass is 10.1. The van der Waals surface area contributed by atoms with Crippen LogP contribution in [0.4, 0.5) is 0 Å². The van der Waals surface area contributed by atoms with Gasteiger partial charge in [-0.2, -0.15) is 11.8 Å².